The van der Waals surface area contributed by atoms with E-state index in [0.29, 0.717) is 16.3 Å². The second kappa shape index (κ2) is 6.31. The van der Waals surface area contributed by atoms with Crippen molar-refractivity contribution in [1.29, 1.82) is 0 Å². The third-order valence-corrected chi connectivity index (χ3v) is 4.31. The molecule has 0 fully saturated rings. The van der Waals surface area contributed by atoms with Gasteiger partial charge in [-0.15, -0.1) is 11.3 Å². The lowest BCUT2D eigenvalue weighted by Crippen LogP contribution is -2.19. The molecule has 116 valence electrons. The van der Waals surface area contributed by atoms with Crippen molar-refractivity contribution < 1.29 is 9.90 Å². The number of nitrogens with zero attached hydrogens (tertiary/aromatic N) is 3. The Kier molecular flexibility index (Phi) is 4.22. The molecule has 0 amide bonds. The number of pyridine rings is 1. The van der Waals surface area contributed by atoms with Crippen molar-refractivity contribution in [3.05, 3.63) is 62.2 Å². The monoisotopic (exact) mass is 347 g/mol. The Hall–Kier alpha value is -2.51. The minimum absolute atomic E-state index is 0.0437. The van der Waals surface area contributed by atoms with Crippen LogP contribution in [0, 0.1) is 0 Å². The summed E-state index contributed by atoms with van der Waals surface area (Å²) in [6.45, 7) is 0. The quantitative estimate of drug-likeness (QED) is 0.784. The Morgan fingerprint density at radius 3 is 2.78 bits per heavy atom. The lowest BCUT2D eigenvalue weighted by molar-refractivity contribution is -0.136. The first-order valence-corrected chi connectivity index (χ1v) is 7.80. The predicted molar refractivity (Wildman–Crippen MR) is 88.9 cm³/mol. The first kappa shape index (κ1) is 15.4. The van der Waals surface area contributed by atoms with Crippen molar-refractivity contribution >= 4 is 46.0 Å². The third-order valence-electron chi connectivity index (χ3n) is 3.08. The molecule has 0 saturated heterocycles. The number of rotatable bonds is 4. The molecular formula is C15H10ClN3O3S. The van der Waals surface area contributed by atoms with Crippen molar-refractivity contribution in [3.8, 4) is 0 Å². The van der Waals surface area contributed by atoms with E-state index in [1.807, 2.05) is 12.1 Å². The first-order valence-electron chi connectivity index (χ1n) is 6.55. The van der Waals surface area contributed by atoms with Crippen LogP contribution in [0.2, 0.25) is 5.02 Å². The van der Waals surface area contributed by atoms with Gasteiger partial charge in [-0.3, -0.25) is 19.0 Å². The van der Waals surface area contributed by atoms with Crippen LogP contribution in [0.25, 0.3) is 17.1 Å². The molecule has 0 radical (unpaired) electrons. The van der Waals surface area contributed by atoms with Gasteiger partial charge in [-0.1, -0.05) is 17.7 Å². The molecule has 0 unspecified atom stereocenters. The first-order chi connectivity index (χ1) is 11.1. The average Bonchev–Trinajstić information content (AvgIpc) is 2.92. The van der Waals surface area contributed by atoms with E-state index in [1.54, 1.807) is 29.9 Å². The molecule has 3 heterocycles. The van der Waals surface area contributed by atoms with Crippen LogP contribution in [0.5, 0.6) is 0 Å². The summed E-state index contributed by atoms with van der Waals surface area (Å²) in [7, 11) is 0. The number of aromatic nitrogens is 3. The molecular weight excluding hydrogens is 338 g/mol. The van der Waals surface area contributed by atoms with Crippen LogP contribution in [0.4, 0.5) is 0 Å². The van der Waals surface area contributed by atoms with Gasteiger partial charge >= 0.3 is 5.97 Å². The van der Waals surface area contributed by atoms with Crippen LogP contribution < -0.4 is 5.56 Å². The summed E-state index contributed by atoms with van der Waals surface area (Å²) >= 11 is 7.30. The highest BCUT2D eigenvalue weighted by Gasteiger charge is 2.15. The molecule has 1 N–H and O–H groups in total. The van der Waals surface area contributed by atoms with E-state index < -0.39 is 11.5 Å². The topological polar surface area (TPSA) is 84.6 Å². The van der Waals surface area contributed by atoms with Gasteiger partial charge in [0.1, 0.15) is 5.02 Å². The molecule has 3 rings (SSSR count). The Morgan fingerprint density at radius 2 is 2.09 bits per heavy atom. The lowest BCUT2D eigenvalue weighted by Gasteiger charge is -2.02. The lowest BCUT2D eigenvalue weighted by atomic mass is 10.2. The normalized spacial score (nSPS) is 11.3. The van der Waals surface area contributed by atoms with Gasteiger partial charge in [0.05, 0.1) is 12.1 Å². The van der Waals surface area contributed by atoms with Crippen LogP contribution in [0.15, 0.2) is 34.7 Å². The van der Waals surface area contributed by atoms with Crippen LogP contribution in [-0.4, -0.2) is 25.4 Å². The zero-order chi connectivity index (χ0) is 16.4. The number of carboxylic acid groups (broad SMARTS) is 1. The predicted octanol–water partition coefficient (Wildman–Crippen LogP) is 2.60. The molecule has 0 aromatic carbocycles. The Morgan fingerprint density at radius 1 is 1.35 bits per heavy atom. The maximum absolute atomic E-state index is 12.4. The number of hydrogen-bond acceptors (Lipinski definition) is 5. The minimum atomic E-state index is -1.02. The highest BCUT2D eigenvalue weighted by molar-refractivity contribution is 7.15. The molecule has 6 nitrogen and oxygen atoms in total. The van der Waals surface area contributed by atoms with Crippen molar-refractivity contribution in [2.75, 3.05) is 0 Å². The maximum atomic E-state index is 12.4. The van der Waals surface area contributed by atoms with Crippen molar-refractivity contribution in [2.24, 2.45) is 0 Å². The third kappa shape index (κ3) is 3.15. The number of carbonyl (C=O) groups is 1. The molecule has 0 bridgehead atoms. The molecule has 23 heavy (non-hydrogen) atoms. The summed E-state index contributed by atoms with van der Waals surface area (Å²) < 4.78 is 1.24. The van der Waals surface area contributed by atoms with E-state index in [9.17, 15) is 9.59 Å². The van der Waals surface area contributed by atoms with Gasteiger partial charge in [0.25, 0.3) is 5.56 Å². The van der Waals surface area contributed by atoms with E-state index in [-0.39, 0.29) is 11.4 Å². The molecule has 0 aliphatic carbocycles. The number of hydrogen-bond donors (Lipinski definition) is 1. The number of halogens is 1. The fourth-order valence-corrected chi connectivity index (χ4v) is 3.11. The van der Waals surface area contributed by atoms with Crippen LogP contribution >= 0.6 is 22.9 Å². The smallest absolute Gasteiger partial charge is 0.309 e. The molecule has 0 spiro atoms. The van der Waals surface area contributed by atoms with Gasteiger partial charge in [-0.25, -0.2) is 4.98 Å². The Balaban J connectivity index is 2.07. The standard InChI is InChI=1S/C15H10ClN3O3S/c16-13-11(2-1-9-3-5-17-6-4-9)18-15-19(14(13)22)10(8-23-15)7-12(20)21/h1-6,8H,7H2,(H,20,21)/b2-1+. The zero-order valence-electron chi connectivity index (χ0n) is 11.6. The number of thiazole rings is 1. The van der Waals surface area contributed by atoms with Crippen LogP contribution in [-0.2, 0) is 11.2 Å². The minimum Gasteiger partial charge on any atom is -0.481 e. The van der Waals surface area contributed by atoms with Crippen molar-refractivity contribution in [2.45, 2.75) is 6.42 Å². The highest BCUT2D eigenvalue weighted by atomic mass is 35.5. The highest BCUT2D eigenvalue weighted by Crippen LogP contribution is 2.19. The van der Waals surface area contributed by atoms with Gasteiger partial charge in [-0.05, 0) is 23.8 Å². The van der Waals surface area contributed by atoms with Crippen LogP contribution in [0.3, 0.4) is 0 Å². The second-order valence-electron chi connectivity index (χ2n) is 4.65. The summed E-state index contributed by atoms with van der Waals surface area (Å²) in [5.41, 5.74) is 1.14. The second-order valence-corrected chi connectivity index (χ2v) is 5.86. The van der Waals surface area contributed by atoms with E-state index in [0.717, 1.165) is 5.56 Å². The summed E-state index contributed by atoms with van der Waals surface area (Å²) in [6, 6.07) is 3.62. The zero-order valence-corrected chi connectivity index (χ0v) is 13.2. The van der Waals surface area contributed by atoms with Crippen molar-refractivity contribution in [3.63, 3.8) is 0 Å². The average molecular weight is 348 g/mol. The summed E-state index contributed by atoms with van der Waals surface area (Å²) in [5.74, 6) is -1.02. The molecule has 8 heteroatoms. The van der Waals surface area contributed by atoms with E-state index in [2.05, 4.69) is 9.97 Å². The number of aliphatic carboxylic acids is 1. The van der Waals surface area contributed by atoms with Gasteiger partial charge in [0.2, 0.25) is 0 Å². The van der Waals surface area contributed by atoms with Gasteiger partial charge in [0, 0.05) is 23.5 Å². The molecule has 3 aromatic rings. The largest absolute Gasteiger partial charge is 0.481 e. The SMILES string of the molecule is O=C(O)Cc1csc2nc(/C=C/c3ccncc3)c(Cl)c(=O)n12. The van der Waals surface area contributed by atoms with E-state index in [1.165, 1.54) is 15.7 Å². The molecule has 0 saturated carbocycles. The molecule has 0 aliphatic heterocycles. The van der Waals surface area contributed by atoms with Gasteiger partial charge in [-0.2, -0.15) is 0 Å². The van der Waals surface area contributed by atoms with Gasteiger partial charge in [0.15, 0.2) is 4.96 Å². The van der Waals surface area contributed by atoms with E-state index in [4.69, 9.17) is 16.7 Å². The molecule has 3 aromatic heterocycles. The number of fused-ring (bicyclic) bond motifs is 1. The maximum Gasteiger partial charge on any atom is 0.309 e. The van der Waals surface area contributed by atoms with Crippen LogP contribution in [0.1, 0.15) is 17.0 Å². The van der Waals surface area contributed by atoms with Crippen molar-refractivity contribution in [1.82, 2.24) is 14.4 Å². The number of carboxylic acids is 1. The van der Waals surface area contributed by atoms with E-state index >= 15 is 0 Å². The van der Waals surface area contributed by atoms with Gasteiger partial charge < -0.3 is 5.11 Å². The fourth-order valence-electron chi connectivity index (χ4n) is 2.04. The summed E-state index contributed by atoms with van der Waals surface area (Å²) in [4.78, 5) is 31.9. The Bertz CT molecular complexity index is 963. The molecule has 0 atom stereocenters. The Labute approximate surface area is 139 Å². The summed E-state index contributed by atoms with van der Waals surface area (Å²) in [5, 5.41) is 10.4. The fraction of sp³-hybridized carbons (Fsp3) is 0.0667. The summed E-state index contributed by atoms with van der Waals surface area (Å²) in [6.07, 6.45) is 6.48. The molecule has 0 aliphatic rings.